The number of hydrogen-bond donors (Lipinski definition) is 1. The van der Waals surface area contributed by atoms with Crippen molar-refractivity contribution in [3.63, 3.8) is 0 Å². The SMILES string of the molecule is CN(C)c1ccc(NC(=O)CSc2ccc(F)c(F)c2)cc1. The smallest absolute Gasteiger partial charge is 0.234 e. The molecule has 0 atom stereocenters. The van der Waals surface area contributed by atoms with Crippen molar-refractivity contribution in [2.24, 2.45) is 0 Å². The number of thioether (sulfide) groups is 1. The minimum absolute atomic E-state index is 0.126. The third-order valence-corrected chi connectivity index (χ3v) is 3.92. The molecule has 3 nitrogen and oxygen atoms in total. The Bertz CT molecular complexity index is 660. The van der Waals surface area contributed by atoms with Gasteiger partial charge in [0.2, 0.25) is 5.91 Å². The fourth-order valence-electron chi connectivity index (χ4n) is 1.76. The van der Waals surface area contributed by atoms with Gasteiger partial charge in [0.05, 0.1) is 5.75 Å². The Kier molecular flexibility index (Phi) is 5.38. The average molecular weight is 322 g/mol. The van der Waals surface area contributed by atoms with Crippen molar-refractivity contribution >= 4 is 29.0 Å². The molecule has 2 aromatic carbocycles. The third kappa shape index (κ3) is 4.46. The summed E-state index contributed by atoms with van der Waals surface area (Å²) in [6, 6.07) is 11.0. The number of carbonyl (C=O) groups excluding carboxylic acids is 1. The highest BCUT2D eigenvalue weighted by molar-refractivity contribution is 8.00. The third-order valence-electron chi connectivity index (χ3n) is 2.93. The lowest BCUT2D eigenvalue weighted by Gasteiger charge is -2.13. The maximum Gasteiger partial charge on any atom is 0.234 e. The molecule has 0 bridgehead atoms. The first kappa shape index (κ1) is 16.3. The predicted octanol–water partition coefficient (Wildman–Crippen LogP) is 3.76. The van der Waals surface area contributed by atoms with Crippen LogP contribution in [-0.2, 0) is 4.79 Å². The molecule has 0 aliphatic heterocycles. The Morgan fingerprint density at radius 3 is 2.36 bits per heavy atom. The second-order valence-corrected chi connectivity index (χ2v) is 5.90. The maximum absolute atomic E-state index is 13.1. The van der Waals surface area contributed by atoms with Crippen LogP contribution in [0.3, 0.4) is 0 Å². The molecule has 0 saturated heterocycles. The number of nitrogens with zero attached hydrogens (tertiary/aromatic N) is 1. The Morgan fingerprint density at radius 2 is 1.77 bits per heavy atom. The van der Waals surface area contributed by atoms with E-state index in [0.717, 1.165) is 29.6 Å². The summed E-state index contributed by atoms with van der Waals surface area (Å²) in [5.41, 5.74) is 1.73. The summed E-state index contributed by atoms with van der Waals surface area (Å²) in [4.78, 5) is 14.3. The number of amides is 1. The van der Waals surface area contributed by atoms with E-state index in [2.05, 4.69) is 5.32 Å². The molecular weight excluding hydrogens is 306 g/mol. The zero-order valence-corrected chi connectivity index (χ0v) is 13.1. The lowest BCUT2D eigenvalue weighted by atomic mass is 10.2. The minimum atomic E-state index is -0.912. The largest absolute Gasteiger partial charge is 0.378 e. The highest BCUT2D eigenvalue weighted by Gasteiger charge is 2.07. The lowest BCUT2D eigenvalue weighted by Crippen LogP contribution is -2.14. The van der Waals surface area contributed by atoms with Crippen LogP contribution in [0.4, 0.5) is 20.2 Å². The van der Waals surface area contributed by atoms with Crippen LogP contribution in [0.15, 0.2) is 47.4 Å². The van der Waals surface area contributed by atoms with Gasteiger partial charge in [0, 0.05) is 30.4 Å². The van der Waals surface area contributed by atoms with Crippen LogP contribution in [-0.4, -0.2) is 25.8 Å². The summed E-state index contributed by atoms with van der Waals surface area (Å²) in [5.74, 6) is -1.88. The summed E-state index contributed by atoms with van der Waals surface area (Å²) in [6.45, 7) is 0. The van der Waals surface area contributed by atoms with Crippen LogP contribution < -0.4 is 10.2 Å². The highest BCUT2D eigenvalue weighted by atomic mass is 32.2. The second-order valence-electron chi connectivity index (χ2n) is 4.85. The second kappa shape index (κ2) is 7.26. The number of nitrogens with one attached hydrogen (secondary N) is 1. The van der Waals surface area contributed by atoms with Crippen molar-refractivity contribution in [2.45, 2.75) is 4.90 Å². The summed E-state index contributed by atoms with van der Waals surface area (Å²) in [5, 5.41) is 2.76. The molecule has 0 aliphatic rings. The first-order chi connectivity index (χ1) is 10.5. The molecule has 0 heterocycles. The van der Waals surface area contributed by atoms with Crippen LogP contribution >= 0.6 is 11.8 Å². The summed E-state index contributed by atoms with van der Waals surface area (Å²) in [7, 11) is 3.87. The van der Waals surface area contributed by atoms with Gasteiger partial charge < -0.3 is 10.2 Å². The van der Waals surface area contributed by atoms with E-state index in [1.165, 1.54) is 6.07 Å². The fraction of sp³-hybridized carbons (Fsp3) is 0.188. The Balaban J connectivity index is 1.88. The van der Waals surface area contributed by atoms with Crippen LogP contribution in [0.1, 0.15) is 0 Å². The maximum atomic E-state index is 13.1. The molecule has 1 N–H and O–H groups in total. The van der Waals surface area contributed by atoms with Crippen molar-refractivity contribution in [2.75, 3.05) is 30.1 Å². The number of hydrogen-bond acceptors (Lipinski definition) is 3. The Hall–Kier alpha value is -2.08. The zero-order chi connectivity index (χ0) is 16.1. The van der Waals surface area contributed by atoms with Crippen molar-refractivity contribution < 1.29 is 13.6 Å². The number of carbonyl (C=O) groups is 1. The monoisotopic (exact) mass is 322 g/mol. The molecule has 0 aliphatic carbocycles. The first-order valence-electron chi connectivity index (χ1n) is 6.61. The van der Waals surface area contributed by atoms with Gasteiger partial charge in [-0.2, -0.15) is 0 Å². The molecule has 0 radical (unpaired) electrons. The van der Waals surface area contributed by atoms with E-state index in [1.54, 1.807) is 0 Å². The van der Waals surface area contributed by atoms with Crippen LogP contribution in [0, 0.1) is 11.6 Å². The molecule has 1 amide bonds. The molecule has 0 saturated carbocycles. The molecule has 0 unspecified atom stereocenters. The Labute approximate surface area is 132 Å². The predicted molar refractivity (Wildman–Crippen MR) is 86.5 cm³/mol. The summed E-state index contributed by atoms with van der Waals surface area (Å²) < 4.78 is 25.9. The molecule has 116 valence electrons. The van der Waals surface area contributed by atoms with Gasteiger partial charge in [-0.3, -0.25) is 4.79 Å². The molecule has 2 aromatic rings. The van der Waals surface area contributed by atoms with Gasteiger partial charge in [-0.1, -0.05) is 0 Å². The van der Waals surface area contributed by atoms with Crippen LogP contribution in [0.25, 0.3) is 0 Å². The van der Waals surface area contributed by atoms with Crippen molar-refractivity contribution in [3.05, 3.63) is 54.1 Å². The van der Waals surface area contributed by atoms with E-state index in [1.807, 2.05) is 43.3 Å². The van der Waals surface area contributed by atoms with Crippen LogP contribution in [0.2, 0.25) is 0 Å². The fourth-order valence-corrected chi connectivity index (χ4v) is 2.48. The minimum Gasteiger partial charge on any atom is -0.378 e. The zero-order valence-electron chi connectivity index (χ0n) is 12.3. The molecule has 22 heavy (non-hydrogen) atoms. The van der Waals surface area contributed by atoms with Gasteiger partial charge in [-0.15, -0.1) is 11.8 Å². The van der Waals surface area contributed by atoms with E-state index in [9.17, 15) is 13.6 Å². The van der Waals surface area contributed by atoms with Gasteiger partial charge in [-0.05, 0) is 42.5 Å². The lowest BCUT2D eigenvalue weighted by molar-refractivity contribution is -0.113. The summed E-state index contributed by atoms with van der Waals surface area (Å²) >= 11 is 1.15. The van der Waals surface area contributed by atoms with Gasteiger partial charge in [0.25, 0.3) is 0 Å². The Morgan fingerprint density at radius 1 is 1.09 bits per heavy atom. The molecule has 0 fully saturated rings. The van der Waals surface area contributed by atoms with Gasteiger partial charge >= 0.3 is 0 Å². The number of anilines is 2. The molecule has 6 heteroatoms. The van der Waals surface area contributed by atoms with E-state index in [-0.39, 0.29) is 11.7 Å². The van der Waals surface area contributed by atoms with E-state index in [4.69, 9.17) is 0 Å². The topological polar surface area (TPSA) is 32.3 Å². The van der Waals surface area contributed by atoms with Crippen molar-refractivity contribution in [1.82, 2.24) is 0 Å². The molecule has 0 aromatic heterocycles. The first-order valence-corrected chi connectivity index (χ1v) is 7.59. The standard InChI is InChI=1S/C16H16F2N2OS/c1-20(2)12-5-3-11(4-6-12)19-16(21)10-22-13-7-8-14(17)15(18)9-13/h3-9H,10H2,1-2H3,(H,19,21). The highest BCUT2D eigenvalue weighted by Crippen LogP contribution is 2.21. The van der Waals surface area contributed by atoms with Gasteiger partial charge in [0.1, 0.15) is 0 Å². The van der Waals surface area contributed by atoms with E-state index < -0.39 is 11.6 Å². The summed E-state index contributed by atoms with van der Waals surface area (Å²) in [6.07, 6.45) is 0. The van der Waals surface area contributed by atoms with E-state index in [0.29, 0.717) is 10.6 Å². The molecular formula is C16H16F2N2OS. The quantitative estimate of drug-likeness (QED) is 0.851. The molecule has 0 spiro atoms. The molecule has 2 rings (SSSR count). The van der Waals surface area contributed by atoms with Crippen molar-refractivity contribution in [3.8, 4) is 0 Å². The average Bonchev–Trinajstić information content (AvgIpc) is 2.49. The normalized spacial score (nSPS) is 10.4. The number of benzene rings is 2. The van der Waals surface area contributed by atoms with E-state index >= 15 is 0 Å². The van der Waals surface area contributed by atoms with Crippen LogP contribution in [0.5, 0.6) is 0 Å². The van der Waals surface area contributed by atoms with Gasteiger partial charge in [0.15, 0.2) is 11.6 Å². The number of halogens is 2. The number of rotatable bonds is 5. The van der Waals surface area contributed by atoms with Gasteiger partial charge in [-0.25, -0.2) is 8.78 Å². The van der Waals surface area contributed by atoms with Crippen molar-refractivity contribution in [1.29, 1.82) is 0 Å².